The molecule has 0 spiro atoms. The van der Waals surface area contributed by atoms with Gasteiger partial charge in [0.25, 0.3) is 10.5 Å². The molecule has 1 nitrogen and oxygen atoms in total. The van der Waals surface area contributed by atoms with Crippen molar-refractivity contribution in [3.63, 3.8) is 0 Å². The standard InChI is InChI=1S/C27H40F4OS2/c1-20-3-13-24(14-4-20,32-19-20)15-18-25-16-11-23(12-17-25,27(30,31)34-25)10-9-22-7-5-21(2,6-8-22)33-26(22,28)29/h3-19H2,1-2H3. The summed E-state index contributed by atoms with van der Waals surface area (Å²) in [5.41, 5.74) is -1.95. The zero-order valence-corrected chi connectivity index (χ0v) is 22.4. The number of ether oxygens (including phenoxy) is 1. The topological polar surface area (TPSA) is 9.23 Å². The molecule has 7 heteroatoms. The molecule has 0 aromatic carbocycles. The quantitative estimate of drug-likeness (QED) is 0.323. The summed E-state index contributed by atoms with van der Waals surface area (Å²) in [6.45, 7) is 5.07. The summed E-state index contributed by atoms with van der Waals surface area (Å²) < 4.78 is 67.6. The van der Waals surface area contributed by atoms with Crippen LogP contribution in [0.2, 0.25) is 0 Å². The fourth-order valence-corrected chi connectivity index (χ4v) is 11.5. The van der Waals surface area contributed by atoms with Crippen LogP contribution in [0.5, 0.6) is 0 Å². The fraction of sp³-hybridized carbons (Fsp3) is 1.00. The maximum Gasteiger partial charge on any atom is 0.299 e. The number of hydrogen-bond acceptors (Lipinski definition) is 3. The molecule has 6 heterocycles. The average molecular weight is 521 g/mol. The van der Waals surface area contributed by atoms with Gasteiger partial charge in [0, 0.05) is 20.3 Å². The van der Waals surface area contributed by atoms with Crippen LogP contribution < -0.4 is 0 Å². The van der Waals surface area contributed by atoms with E-state index in [0.29, 0.717) is 31.1 Å². The molecule has 3 saturated carbocycles. The highest BCUT2D eigenvalue weighted by Gasteiger charge is 2.68. The Morgan fingerprint density at radius 3 is 1.59 bits per heavy atom. The molecule has 0 amide bonds. The first kappa shape index (κ1) is 24.7. The lowest BCUT2D eigenvalue weighted by atomic mass is 9.60. The van der Waals surface area contributed by atoms with E-state index in [1.807, 2.05) is 6.92 Å². The molecule has 0 aromatic heterocycles. The van der Waals surface area contributed by atoms with Crippen LogP contribution in [0.25, 0.3) is 0 Å². The van der Waals surface area contributed by atoms with Crippen molar-refractivity contribution in [1.82, 2.24) is 0 Å². The Kier molecular flexibility index (Phi) is 5.44. The molecule has 9 aliphatic rings. The van der Waals surface area contributed by atoms with Crippen molar-refractivity contribution < 1.29 is 22.3 Å². The molecule has 0 atom stereocenters. The molecule has 3 aliphatic carbocycles. The molecular weight excluding hydrogens is 480 g/mol. The Labute approximate surface area is 210 Å². The van der Waals surface area contributed by atoms with Crippen molar-refractivity contribution in [1.29, 1.82) is 0 Å². The summed E-state index contributed by atoms with van der Waals surface area (Å²) >= 11 is 1.74. The van der Waals surface area contributed by atoms with Gasteiger partial charge in [-0.25, -0.2) is 0 Å². The highest BCUT2D eigenvalue weighted by atomic mass is 32.2. The van der Waals surface area contributed by atoms with Gasteiger partial charge < -0.3 is 4.74 Å². The monoisotopic (exact) mass is 520 g/mol. The maximum atomic E-state index is 15.8. The van der Waals surface area contributed by atoms with Crippen LogP contribution in [0.3, 0.4) is 0 Å². The first-order valence-electron chi connectivity index (χ1n) is 13.6. The van der Waals surface area contributed by atoms with Crippen molar-refractivity contribution >= 4 is 23.5 Å². The Balaban J connectivity index is 1.12. The van der Waals surface area contributed by atoms with Crippen LogP contribution in [0.4, 0.5) is 17.6 Å². The van der Waals surface area contributed by atoms with Gasteiger partial charge in [0.2, 0.25) is 0 Å². The highest BCUT2D eigenvalue weighted by Crippen LogP contribution is 2.73. The van der Waals surface area contributed by atoms with Gasteiger partial charge in [0.15, 0.2) is 0 Å². The Morgan fingerprint density at radius 1 is 0.588 bits per heavy atom. The lowest BCUT2D eigenvalue weighted by Gasteiger charge is -2.60. The summed E-state index contributed by atoms with van der Waals surface area (Å²) in [4.78, 5) is 0. The lowest BCUT2D eigenvalue weighted by molar-refractivity contribution is -0.183. The lowest BCUT2D eigenvalue weighted by Crippen LogP contribution is -2.57. The van der Waals surface area contributed by atoms with E-state index < -0.39 is 21.3 Å². The zero-order valence-electron chi connectivity index (χ0n) is 20.8. The van der Waals surface area contributed by atoms with Crippen LogP contribution in [0.1, 0.15) is 117 Å². The maximum absolute atomic E-state index is 15.8. The second-order valence-corrected chi connectivity index (χ2v) is 17.0. The van der Waals surface area contributed by atoms with E-state index in [1.165, 1.54) is 12.8 Å². The Hall–Kier alpha value is 0.380. The first-order chi connectivity index (χ1) is 15.8. The molecule has 0 radical (unpaired) electrons. The van der Waals surface area contributed by atoms with Gasteiger partial charge in [0.1, 0.15) is 0 Å². The van der Waals surface area contributed by atoms with Gasteiger partial charge in [0.05, 0.1) is 12.2 Å². The normalized spacial score (nSPS) is 52.8. The minimum absolute atomic E-state index is 0.0901. The number of hydrogen-bond donors (Lipinski definition) is 0. The highest BCUT2D eigenvalue weighted by molar-refractivity contribution is 8.02. The fourth-order valence-electron chi connectivity index (χ4n) is 8.30. The summed E-state index contributed by atoms with van der Waals surface area (Å²) in [5.74, 6) is 0. The van der Waals surface area contributed by atoms with Crippen LogP contribution in [-0.4, -0.2) is 32.2 Å². The van der Waals surface area contributed by atoms with Crippen molar-refractivity contribution in [3.8, 4) is 0 Å². The summed E-state index contributed by atoms with van der Waals surface area (Å²) in [5, 5.41) is -5.61. The molecular formula is C27H40F4OS2. The molecule has 9 rings (SSSR count). The van der Waals surface area contributed by atoms with Gasteiger partial charge in [-0.1, -0.05) is 37.4 Å². The first-order valence-corrected chi connectivity index (χ1v) is 15.2. The third-order valence-corrected chi connectivity index (χ3v) is 14.9. The van der Waals surface area contributed by atoms with Crippen molar-refractivity contribution in [3.05, 3.63) is 0 Å². The predicted octanol–water partition coefficient (Wildman–Crippen LogP) is 9.19. The Morgan fingerprint density at radius 2 is 1.12 bits per heavy atom. The van der Waals surface area contributed by atoms with Crippen molar-refractivity contribution in [2.75, 3.05) is 6.61 Å². The number of rotatable bonds is 6. The summed E-state index contributed by atoms with van der Waals surface area (Å²) in [6, 6.07) is 0. The molecule has 0 aromatic rings. The van der Waals surface area contributed by atoms with Crippen LogP contribution in [0, 0.1) is 16.2 Å². The van der Waals surface area contributed by atoms with Crippen LogP contribution in [0.15, 0.2) is 0 Å². The van der Waals surface area contributed by atoms with Gasteiger partial charge >= 0.3 is 0 Å². The molecule has 194 valence electrons. The number of alkyl halides is 4. The molecule has 34 heavy (non-hydrogen) atoms. The van der Waals surface area contributed by atoms with Crippen LogP contribution >= 0.6 is 23.5 Å². The number of halogens is 4. The van der Waals surface area contributed by atoms with E-state index in [-0.39, 0.29) is 27.9 Å². The van der Waals surface area contributed by atoms with E-state index in [4.69, 9.17) is 4.74 Å². The van der Waals surface area contributed by atoms with E-state index in [2.05, 4.69) is 6.92 Å². The van der Waals surface area contributed by atoms with Gasteiger partial charge in [-0.3, -0.25) is 0 Å². The molecule has 6 saturated heterocycles. The smallest absolute Gasteiger partial charge is 0.299 e. The SMILES string of the molecule is CC12CCC(CCC34CCC(CCC56CCC(C)(CC5)SC6(F)F)(CC3)C(F)(F)S4)(CC1)OC2. The van der Waals surface area contributed by atoms with E-state index >= 15 is 17.6 Å². The second-order valence-electron chi connectivity index (χ2n) is 13.7. The minimum Gasteiger partial charge on any atom is -0.374 e. The summed E-state index contributed by atoms with van der Waals surface area (Å²) in [7, 11) is 0. The van der Waals surface area contributed by atoms with Gasteiger partial charge in [-0.2, -0.15) is 17.6 Å². The van der Waals surface area contributed by atoms with E-state index in [9.17, 15) is 0 Å². The minimum atomic E-state index is -2.82. The largest absolute Gasteiger partial charge is 0.374 e. The predicted molar refractivity (Wildman–Crippen MR) is 132 cm³/mol. The van der Waals surface area contributed by atoms with Crippen molar-refractivity contribution in [2.45, 2.75) is 142 Å². The average Bonchev–Trinajstić information content (AvgIpc) is 2.78. The molecule has 6 bridgehead atoms. The second kappa shape index (κ2) is 7.48. The van der Waals surface area contributed by atoms with E-state index in [1.54, 1.807) is 0 Å². The Bertz CT molecular complexity index is 802. The van der Waals surface area contributed by atoms with Gasteiger partial charge in [-0.15, -0.1) is 0 Å². The van der Waals surface area contributed by atoms with Gasteiger partial charge in [-0.05, 0) is 108 Å². The third-order valence-electron chi connectivity index (χ3n) is 11.6. The summed E-state index contributed by atoms with van der Waals surface area (Å²) in [6.07, 6.45) is 11.9. The zero-order chi connectivity index (χ0) is 24.1. The molecule has 6 aliphatic heterocycles. The molecule has 9 fully saturated rings. The van der Waals surface area contributed by atoms with Crippen molar-refractivity contribution in [2.24, 2.45) is 16.2 Å². The number of thioether (sulfide) groups is 2. The van der Waals surface area contributed by atoms with Crippen LogP contribution in [-0.2, 0) is 4.74 Å². The number of fused-ring (bicyclic) bond motifs is 9. The molecule has 0 N–H and O–H groups in total. The molecule has 0 unspecified atom stereocenters. The van der Waals surface area contributed by atoms with E-state index in [0.717, 1.165) is 81.5 Å². The third kappa shape index (κ3) is 3.66.